The number of amides is 1. The molecule has 1 fully saturated rings. The number of hydrogen-bond acceptors (Lipinski definition) is 5. The summed E-state index contributed by atoms with van der Waals surface area (Å²) in [5.41, 5.74) is 1.62. The molecule has 37 heavy (non-hydrogen) atoms. The van der Waals surface area contributed by atoms with Crippen LogP contribution in [0, 0.1) is 11.3 Å². The lowest BCUT2D eigenvalue weighted by molar-refractivity contribution is 0.00495. The number of anilines is 1. The number of rotatable bonds is 8. The van der Waals surface area contributed by atoms with E-state index < -0.39 is 9.04 Å². The summed E-state index contributed by atoms with van der Waals surface area (Å²) in [4.78, 5) is 19.6. The van der Waals surface area contributed by atoms with Gasteiger partial charge in [0.25, 0.3) is 5.91 Å². The van der Waals surface area contributed by atoms with Crippen molar-refractivity contribution in [1.29, 1.82) is 0 Å². The van der Waals surface area contributed by atoms with E-state index in [-0.39, 0.29) is 17.6 Å². The third-order valence-corrected chi connectivity index (χ3v) is 10.3. The van der Waals surface area contributed by atoms with Crippen LogP contribution in [0.4, 0.5) is 5.13 Å². The zero-order chi connectivity index (χ0) is 25.8. The van der Waals surface area contributed by atoms with E-state index in [4.69, 9.17) is 9.41 Å². The zero-order valence-electron chi connectivity index (χ0n) is 21.5. The van der Waals surface area contributed by atoms with Crippen LogP contribution < -0.4 is 20.6 Å². The molecule has 0 spiro atoms. The first-order chi connectivity index (χ1) is 17.9. The second-order valence-corrected chi connectivity index (χ2v) is 13.7. The van der Waals surface area contributed by atoms with Gasteiger partial charge in [0.05, 0.1) is 12.2 Å². The van der Waals surface area contributed by atoms with E-state index in [1.54, 1.807) is 11.3 Å². The minimum absolute atomic E-state index is 0.0463. The lowest BCUT2D eigenvalue weighted by atomic mass is 9.74. The largest absolute Gasteiger partial charge is 0.391 e. The summed E-state index contributed by atoms with van der Waals surface area (Å²) in [7, 11) is -1.92. The van der Waals surface area contributed by atoms with Crippen LogP contribution in [0.1, 0.15) is 36.8 Å². The second-order valence-electron chi connectivity index (χ2n) is 10.5. The van der Waals surface area contributed by atoms with Crippen LogP contribution in [0.25, 0.3) is 0 Å². The van der Waals surface area contributed by atoms with Crippen molar-refractivity contribution in [2.24, 2.45) is 11.3 Å². The molecule has 190 valence electrons. The van der Waals surface area contributed by atoms with Crippen LogP contribution in [0.3, 0.4) is 0 Å². The van der Waals surface area contributed by atoms with Gasteiger partial charge in [-0.15, -0.1) is 11.3 Å². The van der Waals surface area contributed by atoms with Crippen molar-refractivity contribution in [3.05, 3.63) is 108 Å². The molecule has 0 aliphatic carbocycles. The monoisotopic (exact) mass is 527 g/mol. The topological polar surface area (TPSA) is 54.5 Å². The second kappa shape index (κ2) is 11.0. The third kappa shape index (κ3) is 5.85. The van der Waals surface area contributed by atoms with Crippen molar-refractivity contribution < 1.29 is 9.22 Å². The summed E-state index contributed by atoms with van der Waals surface area (Å²) < 4.78 is 7.09. The summed E-state index contributed by atoms with van der Waals surface area (Å²) >= 11 is 1.62. The Hall–Kier alpha value is -3.26. The fourth-order valence-electron chi connectivity index (χ4n) is 4.66. The number of aromatic nitrogens is 1. The highest BCUT2D eigenvalue weighted by Gasteiger charge is 2.48. The Kier molecular flexibility index (Phi) is 7.55. The predicted octanol–water partition coefficient (Wildman–Crippen LogP) is 4.44. The normalized spacial score (nSPS) is 17.5. The smallest absolute Gasteiger partial charge is 0.251 e. The third-order valence-electron chi connectivity index (χ3n) is 6.89. The zero-order valence-corrected chi connectivity index (χ0v) is 23.5. The molecule has 3 aromatic carbocycles. The van der Waals surface area contributed by atoms with Crippen molar-refractivity contribution in [1.82, 2.24) is 10.3 Å². The number of nitrogens with one attached hydrogen (secondary N) is 1. The lowest BCUT2D eigenvalue weighted by Crippen LogP contribution is -2.65. The number of thiazole rings is 1. The maximum Gasteiger partial charge on any atom is 0.251 e. The maximum atomic E-state index is 12.5. The number of benzene rings is 3. The van der Waals surface area contributed by atoms with Gasteiger partial charge in [-0.2, -0.15) is 0 Å². The summed E-state index contributed by atoms with van der Waals surface area (Å²) in [6.07, 6.45) is -0.0463. The Balaban J connectivity index is 1.35. The number of hydrogen-bond donors (Lipinski definition) is 1. The molecular weight excluding hydrogens is 495 g/mol. The summed E-state index contributed by atoms with van der Waals surface area (Å²) in [5, 5.41) is 8.52. The molecule has 1 aliphatic rings. The van der Waals surface area contributed by atoms with Gasteiger partial charge < -0.3 is 14.6 Å². The standard InChI is InChI=1S/C30H33N3O2SSi/c1-30(2,3)26-20-33(29-32-23(21-36-29)19-31-27(34)22-13-7-4-8-14-22)28(26)35-37(24-15-9-5-10-16-24)25-17-11-6-12-18-25/h4-18,21,26,28,37H,19-20H2,1-3H3,(H,31,34). The van der Waals surface area contributed by atoms with Gasteiger partial charge >= 0.3 is 0 Å². The minimum Gasteiger partial charge on any atom is -0.391 e. The molecule has 0 radical (unpaired) electrons. The predicted molar refractivity (Wildman–Crippen MR) is 154 cm³/mol. The molecular formula is C30H33N3O2SSi. The van der Waals surface area contributed by atoms with Crippen molar-refractivity contribution >= 4 is 41.8 Å². The first-order valence-corrected chi connectivity index (χ1v) is 15.2. The van der Waals surface area contributed by atoms with Gasteiger partial charge in [0, 0.05) is 23.4 Å². The van der Waals surface area contributed by atoms with Gasteiger partial charge in [-0.3, -0.25) is 4.79 Å². The van der Waals surface area contributed by atoms with Gasteiger partial charge in [0.15, 0.2) is 5.13 Å². The van der Waals surface area contributed by atoms with Crippen molar-refractivity contribution in [2.75, 3.05) is 11.4 Å². The maximum absolute atomic E-state index is 12.5. The molecule has 0 bridgehead atoms. The van der Waals surface area contributed by atoms with E-state index in [0.717, 1.165) is 17.4 Å². The van der Waals surface area contributed by atoms with Gasteiger partial charge in [-0.1, -0.05) is 99.6 Å². The van der Waals surface area contributed by atoms with Crippen LogP contribution in [-0.2, 0) is 11.0 Å². The van der Waals surface area contributed by atoms with E-state index >= 15 is 0 Å². The van der Waals surface area contributed by atoms with Gasteiger partial charge in [0.1, 0.15) is 6.23 Å². The van der Waals surface area contributed by atoms with Crippen LogP contribution in [0.5, 0.6) is 0 Å². The van der Waals surface area contributed by atoms with Gasteiger partial charge in [0.2, 0.25) is 9.04 Å². The average Bonchev–Trinajstić information content (AvgIpc) is 3.36. The lowest BCUT2D eigenvalue weighted by Gasteiger charge is -2.54. The SMILES string of the molecule is CC(C)(C)C1CN(c2nc(CNC(=O)c3ccccc3)cs2)C1O[SiH](c1ccccc1)c1ccccc1. The Labute approximate surface area is 224 Å². The molecule has 1 aromatic heterocycles. The molecule has 1 amide bonds. The van der Waals surface area contributed by atoms with E-state index in [1.807, 2.05) is 35.7 Å². The van der Waals surface area contributed by atoms with Gasteiger partial charge in [-0.05, 0) is 27.9 Å². The van der Waals surface area contributed by atoms with Crippen molar-refractivity contribution in [3.8, 4) is 0 Å². The van der Waals surface area contributed by atoms with Crippen LogP contribution in [0.15, 0.2) is 96.4 Å². The van der Waals surface area contributed by atoms with E-state index in [1.165, 1.54) is 10.4 Å². The molecule has 0 saturated carbocycles. The Morgan fingerprint density at radius 1 is 0.973 bits per heavy atom. The van der Waals surface area contributed by atoms with E-state index in [0.29, 0.717) is 18.0 Å². The summed E-state index contributed by atoms with van der Waals surface area (Å²) in [5.74, 6) is 0.299. The first kappa shape index (κ1) is 25.4. The molecule has 2 atom stereocenters. The van der Waals surface area contributed by atoms with E-state index in [2.05, 4.69) is 91.7 Å². The number of carbonyl (C=O) groups is 1. The molecule has 4 aromatic rings. The fraction of sp³-hybridized carbons (Fsp3) is 0.267. The van der Waals surface area contributed by atoms with E-state index in [9.17, 15) is 4.79 Å². The summed E-state index contributed by atoms with van der Waals surface area (Å²) in [6, 6.07) is 30.5. The minimum atomic E-state index is -1.92. The molecule has 1 saturated heterocycles. The molecule has 2 heterocycles. The number of nitrogens with zero attached hydrogens (tertiary/aromatic N) is 2. The number of carbonyl (C=O) groups excluding carboxylic acids is 1. The average molecular weight is 528 g/mol. The molecule has 1 aliphatic heterocycles. The summed E-state index contributed by atoms with van der Waals surface area (Å²) in [6.45, 7) is 8.18. The van der Waals surface area contributed by atoms with Crippen molar-refractivity contribution in [2.45, 2.75) is 33.5 Å². The molecule has 1 N–H and O–H groups in total. The Morgan fingerprint density at radius 2 is 1.54 bits per heavy atom. The molecule has 2 unspecified atom stereocenters. The van der Waals surface area contributed by atoms with Crippen molar-refractivity contribution in [3.63, 3.8) is 0 Å². The fourth-order valence-corrected chi connectivity index (χ4v) is 7.98. The molecule has 5 nitrogen and oxygen atoms in total. The highest BCUT2D eigenvalue weighted by molar-refractivity contribution is 7.13. The van der Waals surface area contributed by atoms with Crippen LogP contribution in [-0.4, -0.2) is 32.7 Å². The van der Waals surface area contributed by atoms with Crippen LogP contribution >= 0.6 is 11.3 Å². The van der Waals surface area contributed by atoms with Crippen LogP contribution in [0.2, 0.25) is 0 Å². The highest BCUT2D eigenvalue weighted by Crippen LogP contribution is 2.43. The molecule has 7 heteroatoms. The quantitative estimate of drug-likeness (QED) is 0.344. The molecule has 5 rings (SSSR count). The first-order valence-electron chi connectivity index (χ1n) is 12.7. The Bertz CT molecular complexity index is 1270. The van der Waals surface area contributed by atoms with Gasteiger partial charge in [-0.25, -0.2) is 4.98 Å². The highest BCUT2D eigenvalue weighted by atomic mass is 32.1. The Morgan fingerprint density at radius 3 is 2.11 bits per heavy atom.